The normalized spacial score (nSPS) is 18.6. The number of nitrogens with zero attached hydrogens (tertiary/aromatic N) is 4. The molecule has 0 radical (unpaired) electrons. The fourth-order valence-electron chi connectivity index (χ4n) is 4.79. The third-order valence-electron chi connectivity index (χ3n) is 6.77. The van der Waals surface area contributed by atoms with Gasteiger partial charge in [0.25, 0.3) is 0 Å². The van der Waals surface area contributed by atoms with E-state index in [0.717, 1.165) is 16.3 Å². The summed E-state index contributed by atoms with van der Waals surface area (Å²) in [5.41, 5.74) is 13.9. The van der Waals surface area contributed by atoms with E-state index in [4.69, 9.17) is 16.0 Å². The molecule has 3 rings (SSSR count). The van der Waals surface area contributed by atoms with E-state index < -0.39 is 59.0 Å². The first-order chi connectivity index (χ1) is 19.1. The Bertz CT molecular complexity index is 1360. The summed E-state index contributed by atoms with van der Waals surface area (Å²) in [6.07, 6.45) is -0.578. The average Bonchev–Trinajstić information content (AvgIpc) is 3.29. The summed E-state index contributed by atoms with van der Waals surface area (Å²) in [4.78, 5) is 56.5. The Labute approximate surface area is 239 Å². The van der Waals surface area contributed by atoms with Crippen molar-refractivity contribution in [1.82, 2.24) is 15.5 Å². The van der Waals surface area contributed by atoms with Crippen LogP contribution in [0.4, 0.5) is 4.79 Å². The van der Waals surface area contributed by atoms with Gasteiger partial charge in [0.2, 0.25) is 17.7 Å². The predicted molar refractivity (Wildman–Crippen MR) is 154 cm³/mol. The first-order valence-electron chi connectivity index (χ1n) is 13.5. The average molecular weight is 566 g/mol. The van der Waals surface area contributed by atoms with Gasteiger partial charge < -0.3 is 26.0 Å². The number of benzene rings is 2. The molecule has 0 saturated carbocycles. The van der Waals surface area contributed by atoms with Gasteiger partial charge in [-0.2, -0.15) is 0 Å². The lowest BCUT2D eigenvalue weighted by molar-refractivity contribution is -0.142. The van der Waals surface area contributed by atoms with Crippen LogP contribution >= 0.6 is 0 Å². The van der Waals surface area contributed by atoms with Crippen molar-refractivity contribution in [2.75, 3.05) is 6.54 Å². The van der Waals surface area contributed by atoms with Gasteiger partial charge >= 0.3 is 6.09 Å². The summed E-state index contributed by atoms with van der Waals surface area (Å²) in [6.45, 7) is 10.4. The van der Waals surface area contributed by atoms with Crippen LogP contribution in [0.1, 0.15) is 53.5 Å². The molecule has 0 spiro atoms. The standard InChI is InChI=1S/C29H39N7O5/c1-28(2,3)23(33-27(40)41-29(4,5)6)26(39)36-16-20(34-35-31)15-22(36)25(38)32-21(24(30)37)14-17-11-12-18-9-7-8-10-19(18)13-17/h7-13,20-23H,14-16H2,1-6H3,(H2,30,37)(H,32,38)(H,33,40)/t20-,21-,22-,23+/m0/s1. The van der Waals surface area contributed by atoms with Crippen LogP contribution in [0.2, 0.25) is 0 Å². The Hall–Kier alpha value is -4.31. The largest absolute Gasteiger partial charge is 0.444 e. The molecule has 41 heavy (non-hydrogen) atoms. The predicted octanol–water partition coefficient (Wildman–Crippen LogP) is 3.57. The van der Waals surface area contributed by atoms with Crippen molar-refractivity contribution in [2.45, 2.75) is 84.2 Å². The van der Waals surface area contributed by atoms with E-state index in [1.54, 1.807) is 41.5 Å². The van der Waals surface area contributed by atoms with E-state index >= 15 is 0 Å². The zero-order valence-electron chi connectivity index (χ0n) is 24.4. The third-order valence-corrected chi connectivity index (χ3v) is 6.77. The number of amides is 4. The molecule has 4 amide bonds. The van der Waals surface area contributed by atoms with Crippen LogP contribution in [0, 0.1) is 5.41 Å². The summed E-state index contributed by atoms with van der Waals surface area (Å²) in [5.74, 6) is -1.87. The summed E-state index contributed by atoms with van der Waals surface area (Å²) in [7, 11) is 0. The fourth-order valence-corrected chi connectivity index (χ4v) is 4.79. The van der Waals surface area contributed by atoms with Gasteiger partial charge in [0, 0.05) is 17.9 Å². The number of ether oxygens (including phenoxy) is 1. The van der Waals surface area contributed by atoms with Gasteiger partial charge in [-0.3, -0.25) is 14.4 Å². The van der Waals surface area contributed by atoms with Crippen LogP contribution < -0.4 is 16.4 Å². The SMILES string of the molecule is CC(C)(C)OC(=O)N[C@H](C(=O)N1C[C@@H](N=[N+]=[N-])C[C@H]1C(=O)N[C@@H](Cc1ccc2ccccc2c1)C(N)=O)C(C)(C)C. The number of nitrogens with one attached hydrogen (secondary N) is 2. The Balaban J connectivity index is 1.84. The monoisotopic (exact) mass is 565 g/mol. The van der Waals surface area contributed by atoms with E-state index in [-0.39, 0.29) is 19.4 Å². The second-order valence-electron chi connectivity index (χ2n) is 12.4. The van der Waals surface area contributed by atoms with Crippen molar-refractivity contribution in [3.05, 3.63) is 58.5 Å². The second-order valence-corrected chi connectivity index (χ2v) is 12.4. The molecule has 1 fully saturated rings. The summed E-state index contributed by atoms with van der Waals surface area (Å²) >= 11 is 0. The van der Waals surface area contributed by atoms with Crippen LogP contribution in [-0.2, 0) is 25.5 Å². The van der Waals surface area contributed by atoms with Gasteiger partial charge in [0.1, 0.15) is 23.7 Å². The molecule has 0 aromatic heterocycles. The molecular weight excluding hydrogens is 526 g/mol. The van der Waals surface area contributed by atoms with E-state index in [0.29, 0.717) is 0 Å². The van der Waals surface area contributed by atoms with Crippen molar-refractivity contribution in [2.24, 2.45) is 16.3 Å². The van der Waals surface area contributed by atoms with Gasteiger partial charge in [-0.25, -0.2) is 4.79 Å². The lowest BCUT2D eigenvalue weighted by atomic mass is 9.85. The highest BCUT2D eigenvalue weighted by Crippen LogP contribution is 2.28. The van der Waals surface area contributed by atoms with Crippen molar-refractivity contribution in [1.29, 1.82) is 0 Å². The maximum Gasteiger partial charge on any atom is 0.408 e. The zero-order chi connectivity index (χ0) is 30.5. The number of primary amides is 1. The number of hydrogen-bond donors (Lipinski definition) is 3. The fraction of sp³-hybridized carbons (Fsp3) is 0.517. The minimum Gasteiger partial charge on any atom is -0.444 e. The quantitative estimate of drug-likeness (QED) is 0.251. The Morgan fingerprint density at radius 1 is 1.07 bits per heavy atom. The van der Waals surface area contributed by atoms with Gasteiger partial charge in [-0.1, -0.05) is 68.4 Å². The molecule has 2 aromatic carbocycles. The molecule has 12 nitrogen and oxygen atoms in total. The molecule has 0 unspecified atom stereocenters. The summed E-state index contributed by atoms with van der Waals surface area (Å²) in [6, 6.07) is 9.66. The van der Waals surface area contributed by atoms with Crippen molar-refractivity contribution in [3.63, 3.8) is 0 Å². The number of carbonyl (C=O) groups excluding carboxylic acids is 4. The van der Waals surface area contributed by atoms with Crippen LogP contribution in [0.15, 0.2) is 47.6 Å². The Morgan fingerprint density at radius 2 is 1.73 bits per heavy atom. The molecule has 1 aliphatic rings. The first-order valence-corrected chi connectivity index (χ1v) is 13.5. The highest BCUT2D eigenvalue weighted by molar-refractivity contribution is 5.94. The van der Waals surface area contributed by atoms with E-state index in [9.17, 15) is 19.2 Å². The molecule has 2 aromatic rings. The van der Waals surface area contributed by atoms with Crippen molar-refractivity contribution >= 4 is 34.6 Å². The number of likely N-dealkylation sites (tertiary alicyclic amines) is 1. The van der Waals surface area contributed by atoms with Gasteiger partial charge in [0.05, 0.1) is 6.04 Å². The van der Waals surface area contributed by atoms with Crippen LogP contribution in [-0.4, -0.2) is 65.0 Å². The van der Waals surface area contributed by atoms with E-state index in [1.807, 2.05) is 42.5 Å². The highest BCUT2D eigenvalue weighted by atomic mass is 16.6. The molecule has 1 saturated heterocycles. The molecule has 1 heterocycles. The molecule has 0 aliphatic carbocycles. The molecule has 0 bridgehead atoms. The molecule has 220 valence electrons. The number of carbonyl (C=O) groups is 4. The second kappa shape index (κ2) is 12.5. The number of hydrogen-bond acceptors (Lipinski definition) is 6. The lowest BCUT2D eigenvalue weighted by Gasteiger charge is -2.36. The molecule has 4 atom stereocenters. The van der Waals surface area contributed by atoms with Crippen molar-refractivity contribution in [3.8, 4) is 0 Å². The molecule has 4 N–H and O–H groups in total. The van der Waals surface area contributed by atoms with Gasteiger partial charge in [-0.15, -0.1) is 0 Å². The van der Waals surface area contributed by atoms with Gasteiger partial charge in [0.15, 0.2) is 0 Å². The van der Waals surface area contributed by atoms with Crippen LogP contribution in [0.5, 0.6) is 0 Å². The Kier molecular flexibility index (Phi) is 9.49. The number of alkyl carbamates (subject to hydrolysis) is 1. The highest BCUT2D eigenvalue weighted by Gasteiger charge is 2.45. The smallest absolute Gasteiger partial charge is 0.408 e. The maximum atomic E-state index is 13.8. The first kappa shape index (κ1) is 31.2. The molecule has 12 heteroatoms. The van der Waals surface area contributed by atoms with E-state index in [2.05, 4.69) is 20.7 Å². The number of fused-ring (bicyclic) bond motifs is 1. The van der Waals surface area contributed by atoms with Gasteiger partial charge in [-0.05, 0) is 54.5 Å². The topological polar surface area (TPSA) is 180 Å². The molecule has 1 aliphatic heterocycles. The van der Waals surface area contributed by atoms with Crippen molar-refractivity contribution < 1.29 is 23.9 Å². The number of rotatable bonds is 8. The summed E-state index contributed by atoms with van der Waals surface area (Å²) < 4.78 is 5.35. The summed E-state index contributed by atoms with van der Waals surface area (Å²) in [5, 5.41) is 11.1. The van der Waals surface area contributed by atoms with Crippen LogP contribution in [0.25, 0.3) is 21.2 Å². The number of nitrogens with two attached hydrogens (primary N) is 1. The molecular formula is C29H39N7O5. The van der Waals surface area contributed by atoms with Crippen LogP contribution in [0.3, 0.4) is 0 Å². The minimum atomic E-state index is -1.05. The third kappa shape index (κ3) is 8.34. The Morgan fingerprint density at radius 3 is 2.32 bits per heavy atom. The number of azide groups is 1. The zero-order valence-corrected chi connectivity index (χ0v) is 24.4. The van der Waals surface area contributed by atoms with E-state index in [1.165, 1.54) is 4.90 Å². The lowest BCUT2D eigenvalue weighted by Crippen LogP contribution is -2.59. The maximum absolute atomic E-state index is 13.8. The minimum absolute atomic E-state index is 0.0323.